The molecule has 22 heavy (non-hydrogen) atoms. The highest BCUT2D eigenvalue weighted by molar-refractivity contribution is 5.42. The molecule has 0 saturated carbocycles. The summed E-state index contributed by atoms with van der Waals surface area (Å²) < 4.78 is 11.1. The summed E-state index contributed by atoms with van der Waals surface area (Å²) in [4.78, 5) is 0. The zero-order valence-corrected chi connectivity index (χ0v) is 14.2. The van der Waals surface area contributed by atoms with Crippen LogP contribution in [0.25, 0.3) is 0 Å². The van der Waals surface area contributed by atoms with Gasteiger partial charge in [-0.1, -0.05) is 19.4 Å². The van der Waals surface area contributed by atoms with E-state index in [-0.39, 0.29) is 0 Å². The number of nitrogens with one attached hydrogen (secondary N) is 2. The molecular formula is C18H30N2O2. The van der Waals surface area contributed by atoms with E-state index in [1.165, 1.54) is 24.8 Å². The number of hydrogen-bond donors (Lipinski definition) is 2. The Labute approximate surface area is 134 Å². The number of piperidine rings is 1. The van der Waals surface area contributed by atoms with E-state index in [4.69, 9.17) is 9.47 Å². The zero-order valence-electron chi connectivity index (χ0n) is 14.2. The van der Waals surface area contributed by atoms with Crippen molar-refractivity contribution in [3.63, 3.8) is 0 Å². The lowest BCUT2D eigenvalue weighted by molar-refractivity contribution is 0.294. The van der Waals surface area contributed by atoms with Crippen molar-refractivity contribution in [2.24, 2.45) is 0 Å². The van der Waals surface area contributed by atoms with Crippen LogP contribution in [0.4, 0.5) is 0 Å². The predicted octanol–water partition coefficient (Wildman–Crippen LogP) is 3.10. The van der Waals surface area contributed by atoms with E-state index in [1.54, 1.807) is 7.11 Å². The van der Waals surface area contributed by atoms with Crippen LogP contribution in [0.1, 0.15) is 45.1 Å². The van der Waals surface area contributed by atoms with Crippen molar-refractivity contribution in [2.75, 3.05) is 20.3 Å². The van der Waals surface area contributed by atoms with Gasteiger partial charge in [-0.15, -0.1) is 0 Å². The highest BCUT2D eigenvalue weighted by Crippen LogP contribution is 2.28. The minimum absolute atomic E-state index is 0.595. The van der Waals surface area contributed by atoms with Gasteiger partial charge in [-0.3, -0.25) is 0 Å². The fourth-order valence-corrected chi connectivity index (χ4v) is 2.94. The molecule has 2 rings (SSSR count). The van der Waals surface area contributed by atoms with Crippen LogP contribution in [0.3, 0.4) is 0 Å². The Hall–Kier alpha value is -1.26. The number of ether oxygens (including phenoxy) is 2. The predicted molar refractivity (Wildman–Crippen MR) is 90.7 cm³/mol. The first-order valence-corrected chi connectivity index (χ1v) is 8.49. The molecule has 4 nitrogen and oxygen atoms in total. The van der Waals surface area contributed by atoms with Crippen molar-refractivity contribution in [1.29, 1.82) is 0 Å². The normalized spacial score (nSPS) is 21.6. The quantitative estimate of drug-likeness (QED) is 0.774. The van der Waals surface area contributed by atoms with E-state index in [0.717, 1.165) is 37.6 Å². The lowest BCUT2D eigenvalue weighted by atomic mass is 9.99. The molecule has 2 unspecified atom stereocenters. The minimum atomic E-state index is 0.595. The standard InChI is InChI=1S/C18H30N2O2/c1-4-10-22-17-9-8-15(11-18(17)21-3)12-19-13-16-7-5-6-14(2)20-16/h8-9,11,14,16,19-20H,4-7,10,12-13H2,1-3H3. The molecule has 1 aliphatic heterocycles. The summed E-state index contributed by atoms with van der Waals surface area (Å²) in [5.41, 5.74) is 1.23. The molecule has 1 fully saturated rings. The summed E-state index contributed by atoms with van der Waals surface area (Å²) in [5, 5.41) is 7.20. The third-order valence-corrected chi connectivity index (χ3v) is 4.12. The van der Waals surface area contributed by atoms with Gasteiger partial charge in [-0.05, 0) is 43.9 Å². The highest BCUT2D eigenvalue weighted by atomic mass is 16.5. The van der Waals surface area contributed by atoms with Crippen molar-refractivity contribution >= 4 is 0 Å². The topological polar surface area (TPSA) is 42.5 Å². The Morgan fingerprint density at radius 1 is 1.27 bits per heavy atom. The van der Waals surface area contributed by atoms with E-state index in [0.29, 0.717) is 12.1 Å². The molecule has 1 aromatic carbocycles. The van der Waals surface area contributed by atoms with Gasteiger partial charge in [0.25, 0.3) is 0 Å². The second-order valence-corrected chi connectivity index (χ2v) is 6.16. The van der Waals surface area contributed by atoms with E-state index >= 15 is 0 Å². The van der Waals surface area contributed by atoms with Gasteiger partial charge in [-0.25, -0.2) is 0 Å². The lowest BCUT2D eigenvalue weighted by Gasteiger charge is -2.29. The molecule has 0 aromatic heterocycles. The molecule has 0 bridgehead atoms. The van der Waals surface area contributed by atoms with Crippen molar-refractivity contribution in [1.82, 2.24) is 10.6 Å². The smallest absolute Gasteiger partial charge is 0.161 e. The maximum Gasteiger partial charge on any atom is 0.161 e. The Morgan fingerprint density at radius 2 is 2.14 bits per heavy atom. The highest BCUT2D eigenvalue weighted by Gasteiger charge is 2.17. The van der Waals surface area contributed by atoms with Gasteiger partial charge in [0.05, 0.1) is 13.7 Å². The zero-order chi connectivity index (χ0) is 15.8. The summed E-state index contributed by atoms with van der Waals surface area (Å²) >= 11 is 0. The van der Waals surface area contributed by atoms with Crippen molar-refractivity contribution in [2.45, 2.75) is 58.2 Å². The average molecular weight is 306 g/mol. The van der Waals surface area contributed by atoms with Crippen LogP contribution in [0, 0.1) is 0 Å². The summed E-state index contributed by atoms with van der Waals surface area (Å²) in [6.07, 6.45) is 4.90. The molecule has 124 valence electrons. The van der Waals surface area contributed by atoms with Crippen LogP contribution in [0.2, 0.25) is 0 Å². The minimum Gasteiger partial charge on any atom is -0.493 e. The maximum absolute atomic E-state index is 5.69. The van der Waals surface area contributed by atoms with Crippen LogP contribution in [-0.4, -0.2) is 32.3 Å². The van der Waals surface area contributed by atoms with Crippen LogP contribution >= 0.6 is 0 Å². The second-order valence-electron chi connectivity index (χ2n) is 6.16. The molecule has 0 aliphatic carbocycles. The van der Waals surface area contributed by atoms with Crippen molar-refractivity contribution in [3.8, 4) is 11.5 Å². The summed E-state index contributed by atoms with van der Waals surface area (Å²) in [5.74, 6) is 1.65. The monoisotopic (exact) mass is 306 g/mol. The van der Waals surface area contributed by atoms with E-state index < -0.39 is 0 Å². The average Bonchev–Trinajstić information content (AvgIpc) is 2.53. The molecule has 0 spiro atoms. The van der Waals surface area contributed by atoms with Crippen molar-refractivity contribution < 1.29 is 9.47 Å². The van der Waals surface area contributed by atoms with E-state index in [2.05, 4.69) is 36.6 Å². The molecule has 1 aromatic rings. The third kappa shape index (κ3) is 5.18. The van der Waals surface area contributed by atoms with Crippen molar-refractivity contribution in [3.05, 3.63) is 23.8 Å². The molecule has 2 atom stereocenters. The maximum atomic E-state index is 5.69. The molecule has 0 radical (unpaired) electrons. The Kier molecular flexibility index (Phi) is 7.00. The summed E-state index contributed by atoms with van der Waals surface area (Å²) in [6, 6.07) is 7.42. The molecular weight excluding hydrogens is 276 g/mol. The van der Waals surface area contributed by atoms with E-state index in [9.17, 15) is 0 Å². The van der Waals surface area contributed by atoms with Crippen LogP contribution < -0.4 is 20.1 Å². The Balaban J connectivity index is 1.82. The first-order chi connectivity index (χ1) is 10.7. The molecule has 0 amide bonds. The Bertz CT molecular complexity index is 451. The van der Waals surface area contributed by atoms with Gasteiger partial charge < -0.3 is 20.1 Å². The van der Waals surface area contributed by atoms with Gasteiger partial charge in [0.2, 0.25) is 0 Å². The Morgan fingerprint density at radius 3 is 2.86 bits per heavy atom. The molecule has 4 heteroatoms. The molecule has 1 saturated heterocycles. The number of rotatable bonds is 8. The lowest BCUT2D eigenvalue weighted by Crippen LogP contribution is -2.45. The number of methoxy groups -OCH3 is 1. The fourth-order valence-electron chi connectivity index (χ4n) is 2.94. The SMILES string of the molecule is CCCOc1ccc(CNCC2CCCC(C)N2)cc1OC. The van der Waals surface area contributed by atoms with Crippen LogP contribution in [-0.2, 0) is 6.54 Å². The molecule has 1 aliphatic rings. The first kappa shape index (κ1) is 17.1. The third-order valence-electron chi connectivity index (χ3n) is 4.12. The summed E-state index contributed by atoms with van der Waals surface area (Å²) in [7, 11) is 1.69. The van der Waals surface area contributed by atoms with Gasteiger partial charge in [-0.2, -0.15) is 0 Å². The van der Waals surface area contributed by atoms with Crippen LogP contribution in [0.5, 0.6) is 11.5 Å². The van der Waals surface area contributed by atoms with E-state index in [1.807, 2.05) is 6.07 Å². The number of hydrogen-bond acceptors (Lipinski definition) is 4. The fraction of sp³-hybridized carbons (Fsp3) is 0.667. The summed E-state index contributed by atoms with van der Waals surface area (Å²) in [6.45, 7) is 6.97. The number of benzene rings is 1. The van der Waals surface area contributed by atoms with Crippen LogP contribution in [0.15, 0.2) is 18.2 Å². The van der Waals surface area contributed by atoms with Gasteiger partial charge in [0.15, 0.2) is 11.5 Å². The largest absolute Gasteiger partial charge is 0.493 e. The molecule has 1 heterocycles. The van der Waals surface area contributed by atoms with Gasteiger partial charge in [0.1, 0.15) is 0 Å². The first-order valence-electron chi connectivity index (χ1n) is 8.49. The molecule has 2 N–H and O–H groups in total. The van der Waals surface area contributed by atoms with Gasteiger partial charge in [0, 0.05) is 25.2 Å². The van der Waals surface area contributed by atoms with Gasteiger partial charge >= 0.3 is 0 Å². The second kappa shape index (κ2) is 9.01.